The average Bonchev–Trinajstić information content (AvgIpc) is 2.38. The zero-order valence-corrected chi connectivity index (χ0v) is 12.9. The van der Waals surface area contributed by atoms with Crippen molar-refractivity contribution in [3.8, 4) is 0 Å². The second kappa shape index (κ2) is 7.64. The van der Waals surface area contributed by atoms with Crippen molar-refractivity contribution < 1.29 is 9.59 Å². The maximum Gasteiger partial charge on any atom is 0.319 e. The van der Waals surface area contributed by atoms with Gasteiger partial charge in [-0.25, -0.2) is 4.79 Å². The summed E-state index contributed by atoms with van der Waals surface area (Å²) in [5, 5.41) is 8.00. The van der Waals surface area contributed by atoms with Gasteiger partial charge in [-0.2, -0.15) is 0 Å². The van der Waals surface area contributed by atoms with Gasteiger partial charge in [0.1, 0.15) is 6.04 Å². The molecule has 0 radical (unpaired) electrons. The van der Waals surface area contributed by atoms with Crippen LogP contribution in [0.15, 0.2) is 24.3 Å². The third-order valence-corrected chi connectivity index (χ3v) is 2.87. The normalized spacial score (nSPS) is 13.4. The van der Waals surface area contributed by atoms with Crippen LogP contribution in [0, 0.1) is 0 Å². The lowest BCUT2D eigenvalue weighted by Crippen LogP contribution is -2.48. The highest BCUT2D eigenvalue weighted by atomic mass is 16.2. The van der Waals surface area contributed by atoms with Crippen molar-refractivity contribution in [3.05, 3.63) is 29.8 Å². The first-order valence-electron chi connectivity index (χ1n) is 7.03. The number of carbonyl (C=O) groups excluding carboxylic acids is 2. The minimum Gasteiger partial charge on any atom is -0.352 e. The molecule has 1 aromatic rings. The molecule has 1 aromatic carbocycles. The number of anilines is 1. The molecule has 0 bridgehead atoms. The molecule has 5 N–H and O–H groups in total. The first kappa shape index (κ1) is 17.0. The molecule has 3 amide bonds. The Morgan fingerprint density at radius 2 is 1.57 bits per heavy atom. The Labute approximate surface area is 125 Å². The quantitative estimate of drug-likeness (QED) is 0.665. The molecule has 0 aliphatic carbocycles. The predicted molar refractivity (Wildman–Crippen MR) is 83.9 cm³/mol. The van der Waals surface area contributed by atoms with Gasteiger partial charge in [0.05, 0.1) is 0 Å². The van der Waals surface area contributed by atoms with Crippen LogP contribution in [-0.2, 0) is 4.79 Å². The number of amides is 3. The summed E-state index contributed by atoms with van der Waals surface area (Å²) in [6.45, 7) is 7.26. The van der Waals surface area contributed by atoms with Crippen LogP contribution < -0.4 is 21.7 Å². The van der Waals surface area contributed by atoms with Crippen LogP contribution in [-0.4, -0.2) is 24.0 Å². The fourth-order valence-electron chi connectivity index (χ4n) is 1.71. The third-order valence-electron chi connectivity index (χ3n) is 2.87. The molecule has 6 heteroatoms. The van der Waals surface area contributed by atoms with Crippen molar-refractivity contribution in [2.24, 2.45) is 5.73 Å². The number of rotatable bonds is 5. The highest BCUT2D eigenvalue weighted by Gasteiger charge is 2.16. The van der Waals surface area contributed by atoms with Gasteiger partial charge < -0.3 is 21.7 Å². The van der Waals surface area contributed by atoms with E-state index in [0.29, 0.717) is 5.69 Å². The fraction of sp³-hybridized carbons (Fsp3) is 0.467. The summed E-state index contributed by atoms with van der Waals surface area (Å²) >= 11 is 0. The smallest absolute Gasteiger partial charge is 0.319 e. The van der Waals surface area contributed by atoms with Crippen LogP contribution in [0.5, 0.6) is 0 Å². The number of hydrogen-bond acceptors (Lipinski definition) is 3. The van der Waals surface area contributed by atoms with E-state index in [9.17, 15) is 9.59 Å². The van der Waals surface area contributed by atoms with Crippen LogP contribution in [0.2, 0.25) is 0 Å². The van der Waals surface area contributed by atoms with E-state index in [0.717, 1.165) is 5.56 Å². The highest BCUT2D eigenvalue weighted by Crippen LogP contribution is 2.13. The molecule has 0 aromatic heterocycles. The summed E-state index contributed by atoms with van der Waals surface area (Å²) in [4.78, 5) is 23.5. The maximum absolute atomic E-state index is 11.8. The summed E-state index contributed by atoms with van der Waals surface area (Å²) < 4.78 is 0. The number of carbonyl (C=O) groups is 2. The maximum atomic E-state index is 11.8. The average molecular weight is 292 g/mol. The molecule has 6 nitrogen and oxygen atoms in total. The van der Waals surface area contributed by atoms with Gasteiger partial charge in [-0.15, -0.1) is 0 Å². The number of urea groups is 1. The van der Waals surface area contributed by atoms with E-state index in [1.807, 2.05) is 32.9 Å². The van der Waals surface area contributed by atoms with Crippen LogP contribution >= 0.6 is 0 Å². The SMILES string of the molecule is CC(C)NC(=O)C(C)NC(=O)Nc1ccc(C(C)N)cc1. The number of hydrogen-bond donors (Lipinski definition) is 4. The monoisotopic (exact) mass is 292 g/mol. The molecule has 2 atom stereocenters. The zero-order valence-electron chi connectivity index (χ0n) is 12.9. The van der Waals surface area contributed by atoms with Gasteiger partial charge in [0, 0.05) is 17.8 Å². The Balaban J connectivity index is 2.51. The molecule has 0 aliphatic rings. The largest absolute Gasteiger partial charge is 0.352 e. The summed E-state index contributed by atoms with van der Waals surface area (Å²) in [5.41, 5.74) is 7.40. The molecule has 0 aliphatic heterocycles. The standard InChI is InChI=1S/C15H24N4O2/c1-9(2)17-14(20)11(4)18-15(21)19-13-7-5-12(6-8-13)10(3)16/h5-11H,16H2,1-4H3,(H,17,20)(H2,18,19,21). The Hall–Kier alpha value is -2.08. The first-order valence-corrected chi connectivity index (χ1v) is 7.03. The van der Waals surface area contributed by atoms with Crippen molar-refractivity contribution in [1.29, 1.82) is 0 Å². The van der Waals surface area contributed by atoms with E-state index in [1.54, 1.807) is 19.1 Å². The van der Waals surface area contributed by atoms with E-state index in [-0.39, 0.29) is 18.0 Å². The summed E-state index contributed by atoms with van der Waals surface area (Å²) in [7, 11) is 0. The van der Waals surface area contributed by atoms with Crippen molar-refractivity contribution in [3.63, 3.8) is 0 Å². The molecule has 1 rings (SSSR count). The van der Waals surface area contributed by atoms with Gasteiger partial charge in [0.25, 0.3) is 0 Å². The van der Waals surface area contributed by atoms with Gasteiger partial charge in [-0.1, -0.05) is 12.1 Å². The molecule has 0 saturated heterocycles. The molecule has 0 fully saturated rings. The Bertz CT molecular complexity index is 483. The predicted octanol–water partition coefficient (Wildman–Crippen LogP) is 1.74. The summed E-state index contributed by atoms with van der Waals surface area (Å²) in [5.74, 6) is -0.215. The lowest BCUT2D eigenvalue weighted by molar-refractivity contribution is -0.123. The molecule has 2 unspecified atom stereocenters. The first-order chi connectivity index (χ1) is 9.79. The Morgan fingerprint density at radius 3 is 2.05 bits per heavy atom. The Morgan fingerprint density at radius 1 is 1.00 bits per heavy atom. The molecule has 21 heavy (non-hydrogen) atoms. The van der Waals surface area contributed by atoms with Gasteiger partial charge in [0.2, 0.25) is 5.91 Å². The number of nitrogens with two attached hydrogens (primary N) is 1. The van der Waals surface area contributed by atoms with E-state index in [1.165, 1.54) is 0 Å². The molecule has 116 valence electrons. The molecular formula is C15H24N4O2. The van der Waals surface area contributed by atoms with Gasteiger partial charge in [0.15, 0.2) is 0 Å². The van der Waals surface area contributed by atoms with Crippen LogP contribution in [0.25, 0.3) is 0 Å². The van der Waals surface area contributed by atoms with Crippen LogP contribution in [0.4, 0.5) is 10.5 Å². The lowest BCUT2D eigenvalue weighted by Gasteiger charge is -2.16. The molecule has 0 heterocycles. The second-order valence-electron chi connectivity index (χ2n) is 5.39. The highest BCUT2D eigenvalue weighted by molar-refractivity contribution is 5.93. The van der Waals surface area contributed by atoms with Crippen molar-refractivity contribution in [1.82, 2.24) is 10.6 Å². The van der Waals surface area contributed by atoms with E-state index in [4.69, 9.17) is 5.73 Å². The van der Waals surface area contributed by atoms with Crippen LogP contribution in [0.1, 0.15) is 39.3 Å². The van der Waals surface area contributed by atoms with Gasteiger partial charge >= 0.3 is 6.03 Å². The summed E-state index contributed by atoms with van der Waals surface area (Å²) in [6.07, 6.45) is 0. The van der Waals surface area contributed by atoms with Crippen LogP contribution in [0.3, 0.4) is 0 Å². The van der Waals surface area contributed by atoms with E-state index in [2.05, 4.69) is 16.0 Å². The van der Waals surface area contributed by atoms with E-state index >= 15 is 0 Å². The number of benzene rings is 1. The van der Waals surface area contributed by atoms with Gasteiger partial charge in [-0.05, 0) is 45.4 Å². The lowest BCUT2D eigenvalue weighted by atomic mass is 10.1. The van der Waals surface area contributed by atoms with Gasteiger partial charge in [-0.3, -0.25) is 4.79 Å². The minimum absolute atomic E-state index is 0.0376. The molecular weight excluding hydrogens is 268 g/mol. The minimum atomic E-state index is -0.601. The van der Waals surface area contributed by atoms with E-state index < -0.39 is 12.1 Å². The molecule has 0 saturated carbocycles. The van der Waals surface area contributed by atoms with Crippen molar-refractivity contribution >= 4 is 17.6 Å². The second-order valence-corrected chi connectivity index (χ2v) is 5.39. The third kappa shape index (κ3) is 5.83. The van der Waals surface area contributed by atoms with Crippen molar-refractivity contribution in [2.45, 2.75) is 45.8 Å². The Kier molecular flexibility index (Phi) is 6.17. The number of nitrogens with one attached hydrogen (secondary N) is 3. The topological polar surface area (TPSA) is 96.2 Å². The molecule has 0 spiro atoms. The summed E-state index contributed by atoms with van der Waals surface area (Å²) in [6, 6.07) is 6.23. The van der Waals surface area contributed by atoms with Crippen molar-refractivity contribution in [2.75, 3.05) is 5.32 Å². The zero-order chi connectivity index (χ0) is 16.0. The fourth-order valence-corrected chi connectivity index (χ4v) is 1.71.